The van der Waals surface area contributed by atoms with Gasteiger partial charge in [-0.1, -0.05) is 6.07 Å². The average molecular weight is 448 g/mol. The van der Waals surface area contributed by atoms with Gasteiger partial charge in [0.25, 0.3) is 0 Å². The standard InChI is InChI=1S/C22H29N3O5S/c1-16(2)30-22-18(5-4-12-23-22)15-24-21(26)17-10-13-25(14-11-17)31(27,28)20-8-6-19(29-3)7-9-20/h4-9,12,16-17H,10-11,13-15H2,1-3H3,(H,24,26). The number of benzene rings is 1. The molecular weight excluding hydrogens is 418 g/mol. The van der Waals surface area contributed by atoms with Crippen molar-refractivity contribution in [2.75, 3.05) is 20.2 Å². The maximum absolute atomic E-state index is 12.9. The zero-order valence-electron chi connectivity index (χ0n) is 18.1. The van der Waals surface area contributed by atoms with E-state index in [1.807, 2.05) is 19.9 Å². The average Bonchev–Trinajstić information content (AvgIpc) is 2.78. The number of sulfonamides is 1. The summed E-state index contributed by atoms with van der Waals surface area (Å²) in [4.78, 5) is 17.1. The molecule has 2 aromatic rings. The topological polar surface area (TPSA) is 97.8 Å². The molecule has 1 saturated heterocycles. The number of hydrogen-bond acceptors (Lipinski definition) is 6. The first-order chi connectivity index (χ1) is 14.8. The SMILES string of the molecule is COc1ccc(S(=O)(=O)N2CCC(C(=O)NCc3cccnc3OC(C)C)CC2)cc1. The fourth-order valence-corrected chi connectivity index (χ4v) is 4.94. The highest BCUT2D eigenvalue weighted by Gasteiger charge is 2.32. The summed E-state index contributed by atoms with van der Waals surface area (Å²) in [6.07, 6.45) is 2.59. The molecule has 1 aromatic heterocycles. The van der Waals surface area contributed by atoms with Crippen molar-refractivity contribution >= 4 is 15.9 Å². The van der Waals surface area contributed by atoms with E-state index in [0.717, 1.165) is 5.56 Å². The molecule has 0 aliphatic carbocycles. The maximum Gasteiger partial charge on any atom is 0.243 e. The molecule has 2 heterocycles. The minimum Gasteiger partial charge on any atom is -0.497 e. The Morgan fingerprint density at radius 2 is 1.87 bits per heavy atom. The predicted molar refractivity (Wildman–Crippen MR) is 116 cm³/mol. The van der Waals surface area contributed by atoms with Gasteiger partial charge in [0.05, 0.1) is 18.1 Å². The maximum atomic E-state index is 12.9. The molecule has 168 valence electrons. The normalized spacial score (nSPS) is 15.6. The van der Waals surface area contributed by atoms with Gasteiger partial charge in [-0.05, 0) is 57.0 Å². The fraction of sp³-hybridized carbons (Fsp3) is 0.455. The van der Waals surface area contributed by atoms with E-state index >= 15 is 0 Å². The van der Waals surface area contributed by atoms with Gasteiger partial charge in [-0.25, -0.2) is 13.4 Å². The number of nitrogens with one attached hydrogen (secondary N) is 1. The summed E-state index contributed by atoms with van der Waals surface area (Å²) in [5.74, 6) is 0.803. The molecule has 1 aliphatic rings. The van der Waals surface area contributed by atoms with Crippen molar-refractivity contribution in [3.8, 4) is 11.6 Å². The smallest absolute Gasteiger partial charge is 0.243 e. The minimum absolute atomic E-state index is 0.0127. The summed E-state index contributed by atoms with van der Waals surface area (Å²) in [6.45, 7) is 4.77. The van der Waals surface area contributed by atoms with Crippen molar-refractivity contribution in [2.45, 2.75) is 44.2 Å². The highest BCUT2D eigenvalue weighted by atomic mass is 32.2. The van der Waals surface area contributed by atoms with Gasteiger partial charge in [-0.15, -0.1) is 0 Å². The minimum atomic E-state index is -3.59. The lowest BCUT2D eigenvalue weighted by Gasteiger charge is -2.30. The van der Waals surface area contributed by atoms with Gasteiger partial charge in [-0.3, -0.25) is 4.79 Å². The fourth-order valence-electron chi connectivity index (χ4n) is 3.47. The Labute approximate surface area is 183 Å². The second-order valence-electron chi connectivity index (χ2n) is 7.71. The van der Waals surface area contributed by atoms with Gasteiger partial charge in [0.15, 0.2) is 0 Å². The van der Waals surface area contributed by atoms with E-state index in [1.54, 1.807) is 24.4 Å². The number of piperidine rings is 1. The number of methoxy groups -OCH3 is 1. The number of amides is 1. The number of rotatable bonds is 8. The molecule has 0 bridgehead atoms. The molecule has 0 spiro atoms. The number of carbonyl (C=O) groups is 1. The van der Waals surface area contributed by atoms with E-state index in [4.69, 9.17) is 9.47 Å². The number of carbonyl (C=O) groups excluding carboxylic acids is 1. The van der Waals surface area contributed by atoms with Crippen molar-refractivity contribution < 1.29 is 22.7 Å². The number of hydrogen-bond donors (Lipinski definition) is 1. The van der Waals surface area contributed by atoms with Crippen LogP contribution in [0.5, 0.6) is 11.6 Å². The second-order valence-corrected chi connectivity index (χ2v) is 9.64. The third-order valence-corrected chi connectivity index (χ3v) is 7.09. The lowest BCUT2D eigenvalue weighted by Crippen LogP contribution is -2.42. The van der Waals surface area contributed by atoms with Crippen LogP contribution in [0.1, 0.15) is 32.3 Å². The molecule has 1 amide bonds. The zero-order chi connectivity index (χ0) is 22.4. The molecule has 1 fully saturated rings. The van der Waals surface area contributed by atoms with Crippen LogP contribution in [-0.4, -0.2) is 49.9 Å². The van der Waals surface area contributed by atoms with Crippen molar-refractivity contribution in [3.63, 3.8) is 0 Å². The van der Waals surface area contributed by atoms with Gasteiger partial charge >= 0.3 is 0 Å². The molecule has 0 radical (unpaired) electrons. The summed E-state index contributed by atoms with van der Waals surface area (Å²) < 4.78 is 37.9. The molecule has 0 saturated carbocycles. The van der Waals surface area contributed by atoms with Crippen molar-refractivity contribution in [1.82, 2.24) is 14.6 Å². The van der Waals surface area contributed by atoms with Crippen LogP contribution in [-0.2, 0) is 21.4 Å². The van der Waals surface area contributed by atoms with Crippen LogP contribution in [0.3, 0.4) is 0 Å². The van der Waals surface area contributed by atoms with Gasteiger partial charge in [0.1, 0.15) is 5.75 Å². The Balaban J connectivity index is 1.55. The number of aromatic nitrogens is 1. The van der Waals surface area contributed by atoms with Crippen molar-refractivity contribution in [1.29, 1.82) is 0 Å². The van der Waals surface area contributed by atoms with Gasteiger partial charge in [0.2, 0.25) is 21.8 Å². The Morgan fingerprint density at radius 3 is 2.48 bits per heavy atom. The van der Waals surface area contributed by atoms with Crippen LogP contribution < -0.4 is 14.8 Å². The summed E-state index contributed by atoms with van der Waals surface area (Å²) in [7, 11) is -2.05. The van der Waals surface area contributed by atoms with Crippen LogP contribution in [0.25, 0.3) is 0 Å². The van der Waals surface area contributed by atoms with Gasteiger partial charge in [0, 0.05) is 37.3 Å². The van der Waals surface area contributed by atoms with Crippen LogP contribution in [0.2, 0.25) is 0 Å². The Hall–Kier alpha value is -2.65. The summed E-state index contributed by atoms with van der Waals surface area (Å²) in [6, 6.07) is 10.0. The Kier molecular flexibility index (Phi) is 7.50. The van der Waals surface area contributed by atoms with Crippen molar-refractivity contribution in [3.05, 3.63) is 48.2 Å². The molecule has 0 atom stereocenters. The van der Waals surface area contributed by atoms with E-state index in [9.17, 15) is 13.2 Å². The van der Waals surface area contributed by atoms with Crippen molar-refractivity contribution in [2.24, 2.45) is 5.92 Å². The third kappa shape index (κ3) is 5.74. The van der Waals surface area contributed by atoms with Crippen LogP contribution in [0.4, 0.5) is 0 Å². The van der Waals surface area contributed by atoms with E-state index < -0.39 is 10.0 Å². The summed E-state index contributed by atoms with van der Waals surface area (Å²) >= 11 is 0. The molecule has 0 unspecified atom stereocenters. The van der Waals surface area contributed by atoms with E-state index in [-0.39, 0.29) is 22.8 Å². The molecule has 3 rings (SSSR count). The molecule has 8 nitrogen and oxygen atoms in total. The molecule has 1 aromatic carbocycles. The van der Waals surface area contributed by atoms with Gasteiger partial charge in [-0.2, -0.15) is 4.31 Å². The Morgan fingerprint density at radius 1 is 1.19 bits per heavy atom. The lowest BCUT2D eigenvalue weighted by molar-refractivity contribution is -0.126. The first-order valence-electron chi connectivity index (χ1n) is 10.3. The highest BCUT2D eigenvalue weighted by Crippen LogP contribution is 2.25. The van der Waals surface area contributed by atoms with Crippen LogP contribution in [0, 0.1) is 5.92 Å². The summed E-state index contributed by atoms with van der Waals surface area (Å²) in [5.41, 5.74) is 0.809. The number of pyridine rings is 1. The van der Waals surface area contributed by atoms with Crippen LogP contribution >= 0.6 is 0 Å². The first kappa shape index (κ1) is 23.0. The molecular formula is C22H29N3O5S. The Bertz CT molecular complexity index is 984. The lowest BCUT2D eigenvalue weighted by atomic mass is 9.97. The third-order valence-electron chi connectivity index (χ3n) is 5.17. The summed E-state index contributed by atoms with van der Waals surface area (Å²) in [5, 5.41) is 2.94. The molecule has 1 aliphatic heterocycles. The van der Waals surface area contributed by atoms with E-state index in [0.29, 0.717) is 44.1 Å². The monoisotopic (exact) mass is 447 g/mol. The largest absolute Gasteiger partial charge is 0.497 e. The zero-order valence-corrected chi connectivity index (χ0v) is 18.9. The molecule has 1 N–H and O–H groups in total. The quantitative estimate of drug-likeness (QED) is 0.668. The van der Waals surface area contributed by atoms with E-state index in [1.165, 1.54) is 23.5 Å². The number of ether oxygens (including phenoxy) is 2. The molecule has 31 heavy (non-hydrogen) atoms. The molecule has 9 heteroatoms. The predicted octanol–water partition coefficient (Wildman–Crippen LogP) is 2.59. The second kappa shape index (κ2) is 10.1. The van der Waals surface area contributed by atoms with Crippen LogP contribution in [0.15, 0.2) is 47.5 Å². The number of nitrogens with zero attached hydrogens (tertiary/aromatic N) is 2. The first-order valence-corrected chi connectivity index (χ1v) is 11.8. The van der Waals surface area contributed by atoms with Gasteiger partial charge < -0.3 is 14.8 Å². The highest BCUT2D eigenvalue weighted by molar-refractivity contribution is 7.89. The van der Waals surface area contributed by atoms with E-state index in [2.05, 4.69) is 10.3 Å².